The summed E-state index contributed by atoms with van der Waals surface area (Å²) in [6.45, 7) is 8.94. The number of fused-ring (bicyclic) bond motifs is 5. The average molecular weight is 393 g/mol. The number of allylic oxidation sites excluding steroid dienone is 1. The maximum atomic E-state index is 13.2. The Hall–Kier alpha value is -2.84. The summed E-state index contributed by atoms with van der Waals surface area (Å²) >= 11 is 1.60. The molecule has 0 saturated heterocycles. The first-order valence-corrected chi connectivity index (χ1v) is 9.89. The predicted octanol–water partition coefficient (Wildman–Crippen LogP) is 3.21. The normalized spacial score (nSPS) is 15.8. The van der Waals surface area contributed by atoms with Crippen molar-refractivity contribution in [1.82, 2.24) is 24.1 Å². The van der Waals surface area contributed by atoms with Crippen LogP contribution >= 0.6 is 11.3 Å². The smallest absolute Gasteiger partial charge is 0.352 e. The molecule has 142 valence electrons. The van der Waals surface area contributed by atoms with E-state index in [1.807, 2.05) is 12.1 Å². The van der Waals surface area contributed by atoms with Crippen molar-refractivity contribution in [2.24, 2.45) is 0 Å². The Kier molecular flexibility index (Phi) is 3.75. The molecule has 4 aromatic heterocycles. The number of aromatic nitrogens is 5. The Balaban J connectivity index is 1.89. The Labute approximate surface area is 164 Å². The van der Waals surface area contributed by atoms with Crippen LogP contribution in [0.2, 0.25) is 0 Å². The van der Waals surface area contributed by atoms with Gasteiger partial charge in [0.2, 0.25) is 0 Å². The van der Waals surface area contributed by atoms with Gasteiger partial charge in [0.05, 0.1) is 17.6 Å². The molecule has 0 N–H and O–H groups in total. The van der Waals surface area contributed by atoms with Crippen molar-refractivity contribution in [1.29, 1.82) is 0 Å². The van der Waals surface area contributed by atoms with E-state index in [1.165, 1.54) is 10.1 Å². The van der Waals surface area contributed by atoms with Gasteiger partial charge in [-0.25, -0.2) is 9.78 Å². The molecule has 1 aliphatic rings. The third-order valence-electron chi connectivity index (χ3n) is 5.01. The Bertz CT molecular complexity index is 1280. The van der Waals surface area contributed by atoms with Crippen LogP contribution in [0.4, 0.5) is 0 Å². The molecule has 5 rings (SSSR count). The van der Waals surface area contributed by atoms with Crippen LogP contribution in [0.3, 0.4) is 0 Å². The van der Waals surface area contributed by atoms with E-state index in [2.05, 4.69) is 30.5 Å². The lowest BCUT2D eigenvalue weighted by Gasteiger charge is -2.30. The summed E-state index contributed by atoms with van der Waals surface area (Å²) < 4.78 is 9.12. The topological polar surface area (TPSA) is 74.3 Å². The lowest BCUT2D eigenvalue weighted by atomic mass is 9.94. The minimum absolute atomic E-state index is 0.214. The van der Waals surface area contributed by atoms with Crippen molar-refractivity contribution in [2.45, 2.75) is 39.0 Å². The van der Waals surface area contributed by atoms with Gasteiger partial charge in [-0.1, -0.05) is 6.08 Å². The summed E-state index contributed by atoms with van der Waals surface area (Å²) in [6, 6.07) is 3.68. The second-order valence-electron chi connectivity index (χ2n) is 7.50. The van der Waals surface area contributed by atoms with Crippen LogP contribution in [-0.2, 0) is 24.3 Å². The van der Waals surface area contributed by atoms with Gasteiger partial charge < -0.3 is 4.74 Å². The van der Waals surface area contributed by atoms with Crippen molar-refractivity contribution in [3.05, 3.63) is 58.1 Å². The zero-order valence-corrected chi connectivity index (χ0v) is 16.5. The highest BCUT2D eigenvalue weighted by Gasteiger charge is 2.32. The molecule has 0 spiro atoms. The molecule has 0 aliphatic carbocycles. The summed E-state index contributed by atoms with van der Waals surface area (Å²) in [5.41, 5.74) is 2.16. The molecule has 0 bridgehead atoms. The number of nitrogens with zero attached hydrogens (tertiary/aromatic N) is 5. The quantitative estimate of drug-likeness (QED) is 0.500. The van der Waals surface area contributed by atoms with Crippen molar-refractivity contribution in [3.63, 3.8) is 0 Å². The van der Waals surface area contributed by atoms with Crippen LogP contribution < -0.4 is 5.69 Å². The van der Waals surface area contributed by atoms with Gasteiger partial charge >= 0.3 is 5.69 Å². The molecule has 0 amide bonds. The van der Waals surface area contributed by atoms with Crippen LogP contribution in [0.25, 0.3) is 27.3 Å². The van der Waals surface area contributed by atoms with E-state index < -0.39 is 0 Å². The second-order valence-corrected chi connectivity index (χ2v) is 8.58. The first-order chi connectivity index (χ1) is 13.5. The fourth-order valence-electron chi connectivity index (χ4n) is 3.68. The Morgan fingerprint density at radius 3 is 2.89 bits per heavy atom. The third-order valence-corrected chi connectivity index (χ3v) is 6.24. The third kappa shape index (κ3) is 2.52. The van der Waals surface area contributed by atoms with Crippen molar-refractivity contribution in [3.8, 4) is 11.4 Å². The van der Waals surface area contributed by atoms with E-state index in [0.29, 0.717) is 24.6 Å². The van der Waals surface area contributed by atoms with Gasteiger partial charge in [0.1, 0.15) is 4.83 Å². The lowest BCUT2D eigenvalue weighted by molar-refractivity contribution is -0.0379. The number of pyridine rings is 1. The summed E-state index contributed by atoms with van der Waals surface area (Å²) in [5.74, 6) is 0.517. The van der Waals surface area contributed by atoms with Crippen molar-refractivity contribution >= 4 is 27.2 Å². The Morgan fingerprint density at radius 2 is 2.14 bits per heavy atom. The Morgan fingerprint density at radius 1 is 1.36 bits per heavy atom. The zero-order valence-electron chi connectivity index (χ0n) is 15.7. The number of ether oxygens (including phenoxy) is 1. The largest absolute Gasteiger partial charge is 0.370 e. The summed E-state index contributed by atoms with van der Waals surface area (Å²) in [5, 5.41) is 5.52. The summed E-state index contributed by atoms with van der Waals surface area (Å²) in [7, 11) is 0. The molecule has 0 aromatic carbocycles. The minimum Gasteiger partial charge on any atom is -0.370 e. The molecule has 0 fully saturated rings. The van der Waals surface area contributed by atoms with E-state index in [4.69, 9.17) is 9.72 Å². The van der Waals surface area contributed by atoms with E-state index in [-0.39, 0.29) is 11.3 Å². The molecule has 0 unspecified atom stereocenters. The van der Waals surface area contributed by atoms with Gasteiger partial charge in [-0.3, -0.25) is 9.55 Å². The number of hydrogen-bond donors (Lipinski definition) is 0. The van der Waals surface area contributed by atoms with Gasteiger partial charge in [0, 0.05) is 35.8 Å². The van der Waals surface area contributed by atoms with Crippen molar-refractivity contribution in [2.75, 3.05) is 0 Å². The monoisotopic (exact) mass is 393 g/mol. The highest BCUT2D eigenvalue weighted by molar-refractivity contribution is 7.19. The highest BCUT2D eigenvalue weighted by atomic mass is 32.1. The van der Waals surface area contributed by atoms with E-state index in [1.54, 1.807) is 34.4 Å². The van der Waals surface area contributed by atoms with Gasteiger partial charge in [0.15, 0.2) is 11.5 Å². The SMILES string of the molecule is C=CCn1c(=O)n2nc(-c3ccncc3)nc2c2c3c(sc21)COC(C)(C)C3. The lowest BCUT2D eigenvalue weighted by Crippen LogP contribution is -2.31. The van der Waals surface area contributed by atoms with Crippen LogP contribution in [0, 0.1) is 0 Å². The zero-order chi connectivity index (χ0) is 19.5. The molecular weight excluding hydrogens is 374 g/mol. The maximum absolute atomic E-state index is 13.2. The molecule has 0 radical (unpaired) electrons. The van der Waals surface area contributed by atoms with Gasteiger partial charge in [-0.15, -0.1) is 23.0 Å². The minimum atomic E-state index is -0.259. The van der Waals surface area contributed by atoms with E-state index in [0.717, 1.165) is 27.1 Å². The summed E-state index contributed by atoms with van der Waals surface area (Å²) in [6.07, 6.45) is 5.88. The fourth-order valence-corrected chi connectivity index (χ4v) is 4.91. The van der Waals surface area contributed by atoms with Crippen molar-refractivity contribution < 1.29 is 4.74 Å². The number of rotatable bonds is 3. The molecule has 4 aromatic rings. The fraction of sp³-hybridized carbons (Fsp3) is 0.300. The van der Waals surface area contributed by atoms with Crippen LogP contribution in [0.5, 0.6) is 0 Å². The molecule has 7 nitrogen and oxygen atoms in total. The molecule has 0 saturated carbocycles. The van der Waals surface area contributed by atoms with Gasteiger partial charge in [0.25, 0.3) is 0 Å². The van der Waals surface area contributed by atoms with E-state index in [9.17, 15) is 4.79 Å². The van der Waals surface area contributed by atoms with Crippen LogP contribution in [-0.4, -0.2) is 29.8 Å². The molecule has 1 aliphatic heterocycles. The molecule has 8 heteroatoms. The van der Waals surface area contributed by atoms with Gasteiger partial charge in [-0.05, 0) is 31.5 Å². The van der Waals surface area contributed by atoms with Gasteiger partial charge in [-0.2, -0.15) is 4.52 Å². The van der Waals surface area contributed by atoms with Crippen LogP contribution in [0.1, 0.15) is 24.3 Å². The molecule has 28 heavy (non-hydrogen) atoms. The second kappa shape index (κ2) is 6.08. The molecular formula is C20H19N5O2S. The standard InChI is InChI=1S/C20H19N5O2S/c1-4-9-24-18-15(13-10-20(2,3)27-11-14(13)28-18)17-22-16(23-25(17)19(24)26)12-5-7-21-8-6-12/h4-8H,1,9-11H2,2-3H3. The summed E-state index contributed by atoms with van der Waals surface area (Å²) in [4.78, 5) is 24.0. The van der Waals surface area contributed by atoms with E-state index >= 15 is 0 Å². The number of hydrogen-bond acceptors (Lipinski definition) is 6. The average Bonchev–Trinajstić information content (AvgIpc) is 3.27. The predicted molar refractivity (Wildman–Crippen MR) is 109 cm³/mol. The molecule has 0 atom stereocenters. The first kappa shape index (κ1) is 17.3. The number of thiophene rings is 1. The van der Waals surface area contributed by atoms with Crippen LogP contribution in [0.15, 0.2) is 42.0 Å². The first-order valence-electron chi connectivity index (χ1n) is 9.07. The molecule has 5 heterocycles. The maximum Gasteiger partial charge on any atom is 0.352 e. The highest BCUT2D eigenvalue weighted by Crippen LogP contribution is 2.40.